The smallest absolute Gasteiger partial charge is 0.187 e. The molecular weight excluding hydrogens is 294 g/mol. The molecule has 0 aromatic heterocycles. The Morgan fingerprint density at radius 1 is 1.22 bits per heavy atom. The molecule has 0 saturated heterocycles. The van der Waals surface area contributed by atoms with Crippen molar-refractivity contribution in [3.63, 3.8) is 0 Å². The second kappa shape index (κ2) is 5.45. The van der Waals surface area contributed by atoms with E-state index < -0.39 is 17.1 Å². The molecular formula is C14H14BrNO2. The quantitative estimate of drug-likeness (QED) is 0.635. The summed E-state index contributed by atoms with van der Waals surface area (Å²) in [5.41, 5.74) is -0.326. The molecule has 0 spiro atoms. The summed E-state index contributed by atoms with van der Waals surface area (Å²) in [6.45, 7) is 5.11. The summed E-state index contributed by atoms with van der Waals surface area (Å²) in [5, 5.41) is 9.05. The summed E-state index contributed by atoms with van der Waals surface area (Å²) >= 11 is 3.27. The zero-order chi connectivity index (χ0) is 13.9. The lowest BCUT2D eigenvalue weighted by molar-refractivity contribution is -0.127. The van der Waals surface area contributed by atoms with Crippen LogP contribution in [0.2, 0.25) is 0 Å². The van der Waals surface area contributed by atoms with Crippen LogP contribution in [0.25, 0.3) is 0 Å². The number of hydrogen-bond acceptors (Lipinski definition) is 3. The molecule has 0 radical (unpaired) electrons. The Hall–Kier alpha value is -1.47. The van der Waals surface area contributed by atoms with Gasteiger partial charge in [0.2, 0.25) is 0 Å². The van der Waals surface area contributed by atoms with E-state index in [0.29, 0.717) is 5.56 Å². The van der Waals surface area contributed by atoms with Gasteiger partial charge < -0.3 is 0 Å². The number of halogens is 1. The minimum atomic E-state index is -1.23. The summed E-state index contributed by atoms with van der Waals surface area (Å²) in [6.07, 6.45) is 0. The van der Waals surface area contributed by atoms with E-state index in [-0.39, 0.29) is 5.78 Å². The average Bonchev–Trinajstić information content (AvgIpc) is 2.29. The Balaban J connectivity index is 3.05. The standard InChI is InChI=1S/C14H14BrNO2/c1-14(2,3)13(18)11(8-16)12(17)9-4-6-10(15)7-5-9/h4-7,11H,1-3H3. The zero-order valence-electron chi connectivity index (χ0n) is 10.5. The highest BCUT2D eigenvalue weighted by atomic mass is 79.9. The minimum absolute atomic E-state index is 0.349. The Bertz CT molecular complexity index is 506. The maximum atomic E-state index is 12.1. The molecule has 3 nitrogen and oxygen atoms in total. The van der Waals surface area contributed by atoms with Crippen molar-refractivity contribution in [1.82, 2.24) is 0 Å². The lowest BCUT2D eigenvalue weighted by Crippen LogP contribution is -2.32. The van der Waals surface area contributed by atoms with Gasteiger partial charge >= 0.3 is 0 Å². The Morgan fingerprint density at radius 3 is 2.11 bits per heavy atom. The van der Waals surface area contributed by atoms with Crippen LogP contribution in [0, 0.1) is 22.7 Å². The maximum Gasteiger partial charge on any atom is 0.187 e. The van der Waals surface area contributed by atoms with Crippen molar-refractivity contribution in [2.24, 2.45) is 11.3 Å². The number of carbonyl (C=O) groups excluding carboxylic acids is 2. The minimum Gasteiger partial charge on any atom is -0.297 e. The number of nitriles is 1. The molecule has 0 heterocycles. The molecule has 94 valence electrons. The van der Waals surface area contributed by atoms with Crippen LogP contribution in [0.3, 0.4) is 0 Å². The normalized spacial score (nSPS) is 12.6. The number of carbonyl (C=O) groups is 2. The number of rotatable bonds is 3. The number of nitrogens with zero attached hydrogens (tertiary/aromatic N) is 1. The average molecular weight is 308 g/mol. The van der Waals surface area contributed by atoms with Gasteiger partial charge in [-0.1, -0.05) is 48.8 Å². The number of benzene rings is 1. The summed E-state index contributed by atoms with van der Waals surface area (Å²) in [4.78, 5) is 24.1. The molecule has 1 aromatic carbocycles. The van der Waals surface area contributed by atoms with Crippen LogP contribution in [0.5, 0.6) is 0 Å². The van der Waals surface area contributed by atoms with Crippen molar-refractivity contribution in [3.8, 4) is 6.07 Å². The van der Waals surface area contributed by atoms with E-state index >= 15 is 0 Å². The molecule has 0 saturated carbocycles. The summed E-state index contributed by atoms with van der Waals surface area (Å²) in [6, 6.07) is 8.44. The molecule has 0 aliphatic rings. The van der Waals surface area contributed by atoms with Gasteiger partial charge in [0, 0.05) is 15.5 Å². The van der Waals surface area contributed by atoms with Crippen molar-refractivity contribution < 1.29 is 9.59 Å². The van der Waals surface area contributed by atoms with Crippen LogP contribution >= 0.6 is 15.9 Å². The van der Waals surface area contributed by atoms with E-state index in [0.717, 1.165) is 4.47 Å². The molecule has 0 amide bonds. The number of Topliss-reactive ketones (excluding diaryl/α,β-unsaturated/α-hetero) is 2. The maximum absolute atomic E-state index is 12.1. The molecule has 1 atom stereocenters. The second-order valence-corrected chi connectivity index (χ2v) is 5.96. The lowest BCUT2D eigenvalue weighted by Gasteiger charge is -2.19. The van der Waals surface area contributed by atoms with E-state index in [9.17, 15) is 9.59 Å². The largest absolute Gasteiger partial charge is 0.297 e. The van der Waals surface area contributed by atoms with E-state index in [1.165, 1.54) is 0 Å². The van der Waals surface area contributed by atoms with Gasteiger partial charge in [-0.25, -0.2) is 0 Å². The van der Waals surface area contributed by atoms with E-state index in [1.54, 1.807) is 45.0 Å². The van der Waals surface area contributed by atoms with Crippen molar-refractivity contribution in [2.75, 3.05) is 0 Å². The van der Waals surface area contributed by atoms with Gasteiger partial charge in [-0.2, -0.15) is 5.26 Å². The van der Waals surface area contributed by atoms with Gasteiger partial charge in [0.15, 0.2) is 17.5 Å². The van der Waals surface area contributed by atoms with E-state index in [1.807, 2.05) is 6.07 Å². The second-order valence-electron chi connectivity index (χ2n) is 5.05. The molecule has 0 aliphatic heterocycles. The number of hydrogen-bond donors (Lipinski definition) is 0. The topological polar surface area (TPSA) is 57.9 Å². The molecule has 0 bridgehead atoms. The van der Waals surface area contributed by atoms with Crippen LogP contribution in [0.4, 0.5) is 0 Å². The van der Waals surface area contributed by atoms with E-state index in [4.69, 9.17) is 5.26 Å². The summed E-state index contributed by atoms with van der Waals surface area (Å²) < 4.78 is 0.842. The van der Waals surface area contributed by atoms with Crippen molar-refractivity contribution in [1.29, 1.82) is 5.26 Å². The Morgan fingerprint density at radius 2 is 1.72 bits per heavy atom. The zero-order valence-corrected chi connectivity index (χ0v) is 12.1. The third kappa shape index (κ3) is 3.27. The fourth-order valence-corrected chi connectivity index (χ4v) is 1.71. The van der Waals surface area contributed by atoms with Crippen LogP contribution in [0.1, 0.15) is 31.1 Å². The van der Waals surface area contributed by atoms with Crippen LogP contribution < -0.4 is 0 Å². The molecule has 1 rings (SSSR count). The van der Waals surface area contributed by atoms with Gasteiger partial charge in [-0.3, -0.25) is 9.59 Å². The highest BCUT2D eigenvalue weighted by Crippen LogP contribution is 2.23. The van der Waals surface area contributed by atoms with Crippen molar-refractivity contribution >= 4 is 27.5 Å². The monoisotopic (exact) mass is 307 g/mol. The van der Waals surface area contributed by atoms with Crippen molar-refractivity contribution in [3.05, 3.63) is 34.3 Å². The highest BCUT2D eigenvalue weighted by molar-refractivity contribution is 9.10. The number of ketones is 2. The molecule has 1 aromatic rings. The van der Waals surface area contributed by atoms with Gasteiger partial charge in [0.05, 0.1) is 6.07 Å². The Labute approximate surface area is 115 Å². The van der Waals surface area contributed by atoms with E-state index in [2.05, 4.69) is 15.9 Å². The molecule has 18 heavy (non-hydrogen) atoms. The molecule has 0 N–H and O–H groups in total. The molecule has 0 aliphatic carbocycles. The first-order valence-corrected chi connectivity index (χ1v) is 6.30. The SMILES string of the molecule is CC(C)(C)C(=O)C(C#N)C(=O)c1ccc(Br)cc1. The third-order valence-electron chi connectivity index (χ3n) is 2.52. The van der Waals surface area contributed by atoms with Gasteiger partial charge in [-0.15, -0.1) is 0 Å². The highest BCUT2D eigenvalue weighted by Gasteiger charge is 2.35. The van der Waals surface area contributed by atoms with Crippen LogP contribution in [-0.2, 0) is 4.79 Å². The summed E-state index contributed by atoms with van der Waals surface area (Å²) in [7, 11) is 0. The lowest BCUT2D eigenvalue weighted by atomic mass is 9.80. The van der Waals surface area contributed by atoms with Gasteiger partial charge in [0.25, 0.3) is 0 Å². The first kappa shape index (κ1) is 14.6. The van der Waals surface area contributed by atoms with Crippen LogP contribution in [-0.4, -0.2) is 11.6 Å². The molecule has 0 fully saturated rings. The van der Waals surface area contributed by atoms with Gasteiger partial charge in [0.1, 0.15) is 0 Å². The van der Waals surface area contributed by atoms with Crippen molar-refractivity contribution in [2.45, 2.75) is 20.8 Å². The first-order chi connectivity index (χ1) is 8.27. The summed E-state index contributed by atoms with van der Waals surface area (Å²) in [5.74, 6) is -2.02. The Kier molecular flexibility index (Phi) is 4.42. The fraction of sp³-hybridized carbons (Fsp3) is 0.357. The first-order valence-electron chi connectivity index (χ1n) is 5.51. The predicted octanol–water partition coefficient (Wildman–Crippen LogP) is 3.39. The predicted molar refractivity (Wildman–Crippen MR) is 72.0 cm³/mol. The fourth-order valence-electron chi connectivity index (χ4n) is 1.45. The molecule has 4 heteroatoms. The van der Waals surface area contributed by atoms with Gasteiger partial charge in [-0.05, 0) is 12.1 Å². The third-order valence-corrected chi connectivity index (χ3v) is 3.05. The van der Waals surface area contributed by atoms with Crippen LogP contribution in [0.15, 0.2) is 28.7 Å². The molecule has 1 unspecified atom stereocenters.